The van der Waals surface area contributed by atoms with Gasteiger partial charge in [0.15, 0.2) is 0 Å². The summed E-state index contributed by atoms with van der Waals surface area (Å²) < 4.78 is 15.4. The summed E-state index contributed by atoms with van der Waals surface area (Å²) in [6.07, 6.45) is 0.795. The minimum atomic E-state index is -0.225. The van der Waals surface area contributed by atoms with Crippen molar-refractivity contribution < 1.29 is 19.0 Å². The van der Waals surface area contributed by atoms with Crippen LogP contribution in [0, 0.1) is 5.92 Å². The Labute approximate surface area is 116 Å². The average molecular weight is 273 g/mol. The molecule has 0 aromatic rings. The monoisotopic (exact) mass is 273 g/mol. The van der Waals surface area contributed by atoms with Crippen molar-refractivity contribution in [2.24, 2.45) is 5.92 Å². The fraction of sp³-hybridized carbons (Fsp3) is 0.929. The molecule has 0 bridgehead atoms. The molecule has 0 aromatic carbocycles. The number of carbonyl (C=O) groups excluding carboxylic acids is 1. The molecule has 19 heavy (non-hydrogen) atoms. The molecule has 1 heterocycles. The maximum atomic E-state index is 12.1. The van der Waals surface area contributed by atoms with Crippen LogP contribution in [0.2, 0.25) is 0 Å². The molecule has 1 atom stereocenters. The molecule has 1 fully saturated rings. The number of methoxy groups -OCH3 is 1. The molecule has 1 saturated heterocycles. The molecule has 1 aliphatic rings. The van der Waals surface area contributed by atoms with Crippen LogP contribution in [-0.2, 0) is 19.0 Å². The summed E-state index contributed by atoms with van der Waals surface area (Å²) >= 11 is 0. The van der Waals surface area contributed by atoms with Crippen molar-refractivity contribution in [1.82, 2.24) is 5.32 Å². The van der Waals surface area contributed by atoms with E-state index < -0.39 is 0 Å². The molecule has 5 nitrogen and oxygen atoms in total. The molecule has 112 valence electrons. The van der Waals surface area contributed by atoms with Crippen molar-refractivity contribution in [2.75, 3.05) is 33.5 Å². The number of esters is 1. The van der Waals surface area contributed by atoms with E-state index in [4.69, 9.17) is 14.2 Å². The Bertz CT molecular complexity index is 302. The summed E-state index contributed by atoms with van der Waals surface area (Å²) in [5.74, 6) is -0.250. The first-order chi connectivity index (χ1) is 8.78. The maximum Gasteiger partial charge on any atom is 0.310 e. The van der Waals surface area contributed by atoms with E-state index in [1.54, 1.807) is 7.11 Å². The van der Waals surface area contributed by atoms with Gasteiger partial charge in [-0.2, -0.15) is 0 Å². The fourth-order valence-electron chi connectivity index (χ4n) is 2.70. The van der Waals surface area contributed by atoms with Gasteiger partial charge in [0.2, 0.25) is 0 Å². The van der Waals surface area contributed by atoms with Gasteiger partial charge >= 0.3 is 5.97 Å². The molecule has 0 spiro atoms. The molecular weight excluding hydrogens is 246 g/mol. The second-order valence-electron chi connectivity index (χ2n) is 6.26. The predicted octanol–water partition coefficient (Wildman–Crippen LogP) is 1.36. The van der Waals surface area contributed by atoms with Crippen molar-refractivity contribution >= 4 is 5.97 Å². The summed E-state index contributed by atoms with van der Waals surface area (Å²) in [5, 5.41) is 3.47. The van der Waals surface area contributed by atoms with Gasteiger partial charge in [0.25, 0.3) is 0 Å². The Kier molecular flexibility index (Phi) is 5.77. The Hall–Kier alpha value is -0.650. The van der Waals surface area contributed by atoms with Gasteiger partial charge in [0.1, 0.15) is 6.61 Å². The molecule has 1 rings (SSSR count). The Morgan fingerprint density at radius 1 is 1.16 bits per heavy atom. The van der Waals surface area contributed by atoms with Gasteiger partial charge in [0, 0.05) is 18.2 Å². The minimum absolute atomic E-state index is 0.0256. The van der Waals surface area contributed by atoms with Crippen molar-refractivity contribution in [1.29, 1.82) is 0 Å². The predicted molar refractivity (Wildman–Crippen MR) is 73.1 cm³/mol. The molecule has 0 radical (unpaired) electrons. The Morgan fingerprint density at radius 3 is 2.32 bits per heavy atom. The highest BCUT2D eigenvalue weighted by Gasteiger charge is 2.48. The lowest BCUT2D eigenvalue weighted by Gasteiger charge is -2.27. The second kappa shape index (κ2) is 6.68. The van der Waals surface area contributed by atoms with Crippen molar-refractivity contribution in [2.45, 2.75) is 45.2 Å². The van der Waals surface area contributed by atoms with E-state index in [1.165, 1.54) is 0 Å². The summed E-state index contributed by atoms with van der Waals surface area (Å²) in [6.45, 7) is 10.1. The Morgan fingerprint density at radius 2 is 1.79 bits per heavy atom. The van der Waals surface area contributed by atoms with E-state index in [0.717, 1.165) is 6.42 Å². The van der Waals surface area contributed by atoms with Gasteiger partial charge < -0.3 is 19.5 Å². The average Bonchev–Trinajstić information content (AvgIpc) is 2.51. The zero-order valence-electron chi connectivity index (χ0n) is 12.7. The number of carbonyl (C=O) groups is 1. The van der Waals surface area contributed by atoms with Crippen LogP contribution < -0.4 is 5.32 Å². The SMILES string of the molecule is COCCOCCOC(=O)C1CC(C)(C)NC1(C)C. The van der Waals surface area contributed by atoms with Gasteiger partial charge in [-0.25, -0.2) is 0 Å². The first-order valence-corrected chi connectivity index (χ1v) is 6.81. The lowest BCUT2D eigenvalue weighted by Crippen LogP contribution is -2.46. The van der Waals surface area contributed by atoms with Crippen LogP contribution in [0.15, 0.2) is 0 Å². The fourth-order valence-corrected chi connectivity index (χ4v) is 2.70. The number of rotatable bonds is 7. The summed E-state index contributed by atoms with van der Waals surface area (Å²) in [4.78, 5) is 12.1. The van der Waals surface area contributed by atoms with Crippen LogP contribution in [0.25, 0.3) is 0 Å². The third kappa shape index (κ3) is 5.09. The quantitative estimate of drug-likeness (QED) is 0.560. The van der Waals surface area contributed by atoms with Gasteiger partial charge in [-0.1, -0.05) is 0 Å². The number of nitrogens with one attached hydrogen (secondary N) is 1. The van der Waals surface area contributed by atoms with Crippen molar-refractivity contribution in [3.05, 3.63) is 0 Å². The smallest absolute Gasteiger partial charge is 0.310 e. The highest BCUT2D eigenvalue weighted by molar-refractivity contribution is 5.74. The van der Waals surface area contributed by atoms with Crippen LogP contribution in [0.3, 0.4) is 0 Å². The van der Waals surface area contributed by atoms with E-state index in [-0.39, 0.29) is 23.0 Å². The van der Waals surface area contributed by atoms with Gasteiger partial charge in [-0.05, 0) is 34.1 Å². The molecule has 1 N–H and O–H groups in total. The largest absolute Gasteiger partial charge is 0.463 e. The highest BCUT2D eigenvalue weighted by Crippen LogP contribution is 2.36. The number of hydrogen-bond acceptors (Lipinski definition) is 5. The lowest BCUT2D eigenvalue weighted by molar-refractivity contribution is -0.151. The molecule has 5 heteroatoms. The number of ether oxygens (including phenoxy) is 3. The minimum Gasteiger partial charge on any atom is -0.463 e. The van der Waals surface area contributed by atoms with Crippen molar-refractivity contribution in [3.8, 4) is 0 Å². The zero-order chi connectivity index (χ0) is 14.5. The second-order valence-corrected chi connectivity index (χ2v) is 6.26. The summed E-state index contributed by atoms with van der Waals surface area (Å²) in [6, 6.07) is 0. The van der Waals surface area contributed by atoms with E-state index in [2.05, 4.69) is 19.2 Å². The van der Waals surface area contributed by atoms with Crippen LogP contribution in [0.1, 0.15) is 34.1 Å². The van der Waals surface area contributed by atoms with Crippen LogP contribution in [0.5, 0.6) is 0 Å². The van der Waals surface area contributed by atoms with Crippen LogP contribution in [-0.4, -0.2) is 50.6 Å². The number of hydrogen-bond donors (Lipinski definition) is 1. The summed E-state index contributed by atoms with van der Waals surface area (Å²) in [7, 11) is 1.63. The van der Waals surface area contributed by atoms with Gasteiger partial charge in [-0.15, -0.1) is 0 Å². The lowest BCUT2D eigenvalue weighted by atomic mass is 9.87. The standard InChI is InChI=1S/C14H27NO4/c1-13(2)10-11(14(3,4)15-13)12(16)19-9-8-18-7-6-17-5/h11,15H,6-10H2,1-5H3. The van der Waals surface area contributed by atoms with Gasteiger partial charge in [-0.3, -0.25) is 4.79 Å². The topological polar surface area (TPSA) is 56.8 Å². The molecule has 0 amide bonds. The molecular formula is C14H27NO4. The molecule has 1 unspecified atom stereocenters. The molecule has 0 aliphatic carbocycles. The van der Waals surface area contributed by atoms with E-state index in [1.807, 2.05) is 13.8 Å². The summed E-state index contributed by atoms with van der Waals surface area (Å²) in [5.41, 5.74) is -0.250. The third-order valence-electron chi connectivity index (χ3n) is 3.43. The first kappa shape index (κ1) is 16.4. The first-order valence-electron chi connectivity index (χ1n) is 6.81. The van der Waals surface area contributed by atoms with E-state index >= 15 is 0 Å². The highest BCUT2D eigenvalue weighted by atomic mass is 16.6. The maximum absolute atomic E-state index is 12.1. The van der Waals surface area contributed by atoms with Crippen LogP contribution >= 0.6 is 0 Å². The normalized spacial score (nSPS) is 24.4. The van der Waals surface area contributed by atoms with E-state index in [9.17, 15) is 4.79 Å². The van der Waals surface area contributed by atoms with Gasteiger partial charge in [0.05, 0.1) is 25.7 Å². The molecule has 1 aliphatic heterocycles. The van der Waals surface area contributed by atoms with Crippen molar-refractivity contribution in [3.63, 3.8) is 0 Å². The third-order valence-corrected chi connectivity index (χ3v) is 3.43. The molecule has 0 aromatic heterocycles. The van der Waals surface area contributed by atoms with E-state index in [0.29, 0.717) is 26.4 Å². The van der Waals surface area contributed by atoms with Crippen LogP contribution in [0.4, 0.5) is 0 Å². The molecule has 0 saturated carbocycles. The zero-order valence-corrected chi connectivity index (χ0v) is 12.7. The Balaban J connectivity index is 2.30.